The van der Waals surface area contributed by atoms with E-state index in [0.717, 1.165) is 18.8 Å². The van der Waals surface area contributed by atoms with Crippen LogP contribution in [-0.4, -0.2) is 9.55 Å². The topological polar surface area (TPSA) is 17.8 Å². The number of allylic oxidation sites excluding steroid dienone is 6. The average molecular weight is 342 g/mol. The Hall–Kier alpha value is -2.09. The number of fused-ring (bicyclic) bond motifs is 4. The maximum atomic E-state index is 4.43. The molecule has 1 saturated carbocycles. The van der Waals surface area contributed by atoms with Gasteiger partial charge in [-0.1, -0.05) is 25.2 Å². The molecule has 0 N–H and O–H groups in total. The van der Waals surface area contributed by atoms with Gasteiger partial charge in [-0.3, -0.25) is 4.98 Å². The lowest BCUT2D eigenvalue weighted by Crippen LogP contribution is -2.16. The first-order valence-corrected chi connectivity index (χ1v) is 10.3. The molecule has 26 heavy (non-hydrogen) atoms. The molecular weight excluding hydrogens is 316 g/mol. The molecule has 3 heterocycles. The van der Waals surface area contributed by atoms with Crippen molar-refractivity contribution in [2.24, 2.45) is 11.3 Å². The van der Waals surface area contributed by atoms with Crippen molar-refractivity contribution in [2.45, 2.75) is 58.3 Å². The molecular formula is C24H26N2. The summed E-state index contributed by atoms with van der Waals surface area (Å²) in [5.74, 6) is 0.868. The maximum Gasteiger partial charge on any atom is 0.0567 e. The van der Waals surface area contributed by atoms with Gasteiger partial charge in [-0.15, -0.1) is 0 Å². The molecule has 1 aliphatic heterocycles. The van der Waals surface area contributed by atoms with Crippen LogP contribution in [0.3, 0.4) is 0 Å². The Kier molecular flexibility index (Phi) is 3.01. The smallest absolute Gasteiger partial charge is 0.0567 e. The van der Waals surface area contributed by atoms with Crippen LogP contribution in [0.2, 0.25) is 0 Å². The second-order valence-corrected chi connectivity index (χ2v) is 9.18. The molecule has 0 bridgehead atoms. The van der Waals surface area contributed by atoms with Crippen molar-refractivity contribution >= 4 is 22.2 Å². The molecule has 0 aromatic carbocycles. The molecule has 0 saturated heterocycles. The molecule has 2 nitrogen and oxygen atoms in total. The fraction of sp³-hybridized carbons (Fsp3) is 0.458. The summed E-state index contributed by atoms with van der Waals surface area (Å²) in [6, 6.07) is 2.22. The fourth-order valence-corrected chi connectivity index (χ4v) is 5.58. The number of pyridine rings is 1. The van der Waals surface area contributed by atoms with Gasteiger partial charge >= 0.3 is 0 Å². The van der Waals surface area contributed by atoms with Crippen LogP contribution in [0.15, 0.2) is 42.3 Å². The summed E-state index contributed by atoms with van der Waals surface area (Å²) in [6.45, 7) is 2.49. The van der Waals surface area contributed by atoms with E-state index in [1.807, 2.05) is 6.20 Å². The number of aryl methyl sites for hydroxylation is 1. The van der Waals surface area contributed by atoms with E-state index in [0.29, 0.717) is 5.41 Å². The molecule has 1 fully saturated rings. The quantitative estimate of drug-likeness (QED) is 0.641. The minimum Gasteiger partial charge on any atom is -0.312 e. The Bertz CT molecular complexity index is 1010. The summed E-state index contributed by atoms with van der Waals surface area (Å²) < 4.78 is 2.60. The van der Waals surface area contributed by atoms with E-state index < -0.39 is 0 Å². The Morgan fingerprint density at radius 2 is 2.15 bits per heavy atom. The Balaban J connectivity index is 1.52. The minimum absolute atomic E-state index is 0.662. The highest BCUT2D eigenvalue weighted by Gasteiger charge is 2.40. The van der Waals surface area contributed by atoms with Gasteiger partial charge in [-0.25, -0.2) is 0 Å². The zero-order chi connectivity index (χ0) is 17.3. The van der Waals surface area contributed by atoms with E-state index in [1.165, 1.54) is 66.3 Å². The number of rotatable bonds is 2. The predicted octanol–water partition coefficient (Wildman–Crippen LogP) is 6.14. The number of hydrogen-bond donors (Lipinski definition) is 0. The molecule has 4 aliphatic rings. The van der Waals surface area contributed by atoms with Gasteiger partial charge in [0.2, 0.25) is 0 Å². The van der Waals surface area contributed by atoms with Crippen LogP contribution in [0.25, 0.3) is 22.2 Å². The molecule has 0 amide bonds. The van der Waals surface area contributed by atoms with E-state index in [4.69, 9.17) is 0 Å². The number of aromatic nitrogens is 2. The van der Waals surface area contributed by atoms with Crippen molar-refractivity contribution in [2.75, 3.05) is 0 Å². The third-order valence-corrected chi connectivity index (χ3v) is 7.19. The Morgan fingerprint density at radius 1 is 1.23 bits per heavy atom. The van der Waals surface area contributed by atoms with E-state index in [-0.39, 0.29) is 0 Å². The summed E-state index contributed by atoms with van der Waals surface area (Å²) in [4.78, 5) is 4.43. The van der Waals surface area contributed by atoms with E-state index >= 15 is 0 Å². The molecule has 1 atom stereocenters. The van der Waals surface area contributed by atoms with E-state index in [9.17, 15) is 0 Å². The standard InChI is InChI=1S/C24H26N2/c1-24(10-11-24)14-16-5-8-21-18(13-16)7-6-17-3-2-4-19-20-15-25-12-9-22(20)26(21)23(17)19/h3,6-7,9,12,15-16H,2,4-5,8,10-11,13-14H2,1H3. The van der Waals surface area contributed by atoms with E-state index in [1.54, 1.807) is 11.3 Å². The number of hydrogen-bond acceptors (Lipinski definition) is 1. The largest absolute Gasteiger partial charge is 0.312 e. The molecule has 132 valence electrons. The summed E-state index contributed by atoms with van der Waals surface area (Å²) in [5, 5.41) is 1.36. The normalized spacial score (nSPS) is 25.6. The van der Waals surface area contributed by atoms with Crippen molar-refractivity contribution in [1.29, 1.82) is 0 Å². The Morgan fingerprint density at radius 3 is 3.04 bits per heavy atom. The first-order valence-electron chi connectivity index (χ1n) is 10.3. The molecule has 3 aliphatic carbocycles. The Labute approximate surface area is 155 Å². The van der Waals surface area contributed by atoms with Crippen LogP contribution in [0.1, 0.15) is 63.1 Å². The predicted molar refractivity (Wildman–Crippen MR) is 108 cm³/mol. The maximum absolute atomic E-state index is 4.43. The summed E-state index contributed by atoms with van der Waals surface area (Å²) in [7, 11) is 0. The molecule has 0 spiro atoms. The third-order valence-electron chi connectivity index (χ3n) is 7.19. The molecule has 2 heteroatoms. The lowest BCUT2D eigenvalue weighted by atomic mass is 9.80. The van der Waals surface area contributed by atoms with Crippen molar-refractivity contribution in [3.05, 3.63) is 53.5 Å². The van der Waals surface area contributed by atoms with Gasteiger partial charge in [-0.05, 0) is 85.5 Å². The van der Waals surface area contributed by atoms with Gasteiger partial charge in [0.15, 0.2) is 0 Å². The zero-order valence-electron chi connectivity index (χ0n) is 15.6. The van der Waals surface area contributed by atoms with Crippen LogP contribution in [0.4, 0.5) is 0 Å². The van der Waals surface area contributed by atoms with Crippen LogP contribution < -0.4 is 0 Å². The second-order valence-electron chi connectivity index (χ2n) is 9.18. The van der Waals surface area contributed by atoms with Crippen LogP contribution in [0, 0.1) is 11.3 Å². The lowest BCUT2D eigenvalue weighted by molar-refractivity contribution is 0.348. The van der Waals surface area contributed by atoms with Crippen molar-refractivity contribution < 1.29 is 0 Å². The van der Waals surface area contributed by atoms with Crippen LogP contribution in [-0.2, 0) is 6.42 Å². The molecule has 0 radical (unpaired) electrons. The molecule has 6 rings (SSSR count). The minimum atomic E-state index is 0.662. The van der Waals surface area contributed by atoms with E-state index in [2.05, 4.69) is 47.0 Å². The zero-order valence-corrected chi connectivity index (χ0v) is 15.6. The average Bonchev–Trinajstić information content (AvgIpc) is 3.32. The van der Waals surface area contributed by atoms with Gasteiger partial charge < -0.3 is 4.57 Å². The van der Waals surface area contributed by atoms with Gasteiger partial charge in [0.1, 0.15) is 0 Å². The fourth-order valence-electron chi connectivity index (χ4n) is 5.58. The first-order chi connectivity index (χ1) is 12.7. The monoisotopic (exact) mass is 342 g/mol. The van der Waals surface area contributed by atoms with Crippen LogP contribution in [0.5, 0.6) is 0 Å². The second kappa shape index (κ2) is 5.22. The highest BCUT2D eigenvalue weighted by atomic mass is 15.0. The third kappa shape index (κ3) is 2.14. The van der Waals surface area contributed by atoms with Gasteiger partial charge in [0, 0.05) is 23.5 Å². The first kappa shape index (κ1) is 15.0. The summed E-state index contributed by atoms with van der Waals surface area (Å²) in [5.41, 5.74) is 9.54. The van der Waals surface area contributed by atoms with Crippen molar-refractivity contribution in [3.8, 4) is 0 Å². The van der Waals surface area contributed by atoms with Gasteiger partial charge in [0.05, 0.1) is 11.2 Å². The summed E-state index contributed by atoms with van der Waals surface area (Å²) >= 11 is 0. The van der Waals surface area contributed by atoms with Gasteiger partial charge in [-0.2, -0.15) is 0 Å². The highest BCUT2D eigenvalue weighted by Crippen LogP contribution is 2.53. The van der Waals surface area contributed by atoms with Gasteiger partial charge in [0.25, 0.3) is 0 Å². The SMILES string of the molecule is CC1(CC2CCC3=C(C=CC4=CCCc5c4n3c3ccncc53)C2)CC1. The van der Waals surface area contributed by atoms with Crippen molar-refractivity contribution in [3.63, 3.8) is 0 Å². The molecule has 2 aromatic heterocycles. The highest BCUT2D eigenvalue weighted by molar-refractivity contribution is 5.96. The molecule has 2 aromatic rings. The van der Waals surface area contributed by atoms with Crippen molar-refractivity contribution in [1.82, 2.24) is 9.55 Å². The molecule has 1 unspecified atom stereocenters. The van der Waals surface area contributed by atoms with Crippen LogP contribution >= 0.6 is 0 Å². The lowest BCUT2D eigenvalue weighted by Gasteiger charge is -2.29. The summed E-state index contributed by atoms with van der Waals surface area (Å²) in [6.07, 6.45) is 21.7. The number of nitrogens with zero attached hydrogens (tertiary/aromatic N) is 2.